The van der Waals surface area contributed by atoms with Crippen molar-refractivity contribution in [1.29, 1.82) is 0 Å². The maximum atomic E-state index is 14.0. The van der Waals surface area contributed by atoms with E-state index in [9.17, 15) is 9.59 Å². The first kappa shape index (κ1) is 30.6. The first-order valence-electron chi connectivity index (χ1n) is 14.5. The summed E-state index contributed by atoms with van der Waals surface area (Å²) < 4.78 is 20.2. The third kappa shape index (κ3) is 5.98. The smallest absolute Gasteiger partial charge is 0.338 e. The van der Waals surface area contributed by atoms with Gasteiger partial charge in [0, 0.05) is 0 Å². The number of carbonyl (C=O) groups excluding carboxylic acids is 1. The molecular formula is C36H31BrN2O5S. The number of esters is 1. The lowest BCUT2D eigenvalue weighted by Crippen LogP contribution is -2.39. The van der Waals surface area contributed by atoms with Crippen LogP contribution in [0.4, 0.5) is 0 Å². The van der Waals surface area contributed by atoms with Gasteiger partial charge >= 0.3 is 5.97 Å². The Morgan fingerprint density at radius 3 is 2.56 bits per heavy atom. The molecule has 1 aromatic heterocycles. The Labute approximate surface area is 272 Å². The van der Waals surface area contributed by atoms with Crippen molar-refractivity contribution in [2.24, 2.45) is 4.99 Å². The second-order valence-corrected chi connectivity index (χ2v) is 12.5. The summed E-state index contributed by atoms with van der Waals surface area (Å²) in [4.78, 5) is 32.3. The molecule has 1 aliphatic rings. The van der Waals surface area contributed by atoms with Gasteiger partial charge in [-0.15, -0.1) is 0 Å². The van der Waals surface area contributed by atoms with E-state index in [0.29, 0.717) is 43.2 Å². The van der Waals surface area contributed by atoms with E-state index in [0.717, 1.165) is 33.0 Å². The number of aromatic nitrogens is 1. The Bertz CT molecular complexity index is 2140. The van der Waals surface area contributed by atoms with Gasteiger partial charge in [0.25, 0.3) is 5.56 Å². The first-order valence-corrected chi connectivity index (χ1v) is 16.1. The summed E-state index contributed by atoms with van der Waals surface area (Å²) in [5.41, 5.74) is 4.34. The highest BCUT2D eigenvalue weighted by Gasteiger charge is 2.33. The Morgan fingerprint density at radius 2 is 1.80 bits per heavy atom. The number of aryl methyl sites for hydroxylation is 1. The topological polar surface area (TPSA) is 79.1 Å². The zero-order valence-corrected chi connectivity index (χ0v) is 27.7. The number of hydrogen-bond acceptors (Lipinski definition) is 7. The Hall–Kier alpha value is -4.47. The van der Waals surface area contributed by atoms with Crippen molar-refractivity contribution in [3.05, 3.63) is 137 Å². The van der Waals surface area contributed by atoms with Crippen LogP contribution in [0.1, 0.15) is 42.1 Å². The average molecular weight is 684 g/mol. The Balaban J connectivity index is 1.39. The van der Waals surface area contributed by atoms with Crippen LogP contribution in [0.15, 0.2) is 104 Å². The maximum absolute atomic E-state index is 14.0. The molecule has 2 heterocycles. The number of halogens is 1. The number of allylic oxidation sites excluding steroid dienone is 1. The largest absolute Gasteiger partial charge is 0.493 e. The van der Waals surface area contributed by atoms with Crippen molar-refractivity contribution in [2.45, 2.75) is 33.4 Å². The lowest BCUT2D eigenvalue weighted by Gasteiger charge is -2.24. The van der Waals surface area contributed by atoms with Gasteiger partial charge in [-0.3, -0.25) is 9.36 Å². The van der Waals surface area contributed by atoms with Crippen molar-refractivity contribution in [1.82, 2.24) is 4.57 Å². The summed E-state index contributed by atoms with van der Waals surface area (Å²) in [6.07, 6.45) is 1.81. The highest BCUT2D eigenvalue weighted by molar-refractivity contribution is 9.10. The number of hydrogen-bond donors (Lipinski definition) is 0. The minimum absolute atomic E-state index is 0.221. The molecule has 0 amide bonds. The van der Waals surface area contributed by atoms with Crippen molar-refractivity contribution in [3.8, 4) is 11.5 Å². The molecule has 0 N–H and O–H groups in total. The fourth-order valence-corrected chi connectivity index (χ4v) is 7.16. The molecule has 1 atom stereocenters. The van der Waals surface area contributed by atoms with E-state index in [-0.39, 0.29) is 12.2 Å². The van der Waals surface area contributed by atoms with Gasteiger partial charge in [0.2, 0.25) is 0 Å². The van der Waals surface area contributed by atoms with E-state index < -0.39 is 12.0 Å². The maximum Gasteiger partial charge on any atom is 0.338 e. The quantitative estimate of drug-likeness (QED) is 0.172. The molecule has 0 saturated carbocycles. The van der Waals surface area contributed by atoms with Crippen LogP contribution in [-0.4, -0.2) is 24.3 Å². The van der Waals surface area contributed by atoms with E-state index in [1.807, 2.05) is 61.5 Å². The number of nitrogens with zero attached hydrogens (tertiary/aromatic N) is 2. The summed E-state index contributed by atoms with van der Waals surface area (Å²) in [6.45, 7) is 6.11. The molecule has 0 spiro atoms. The van der Waals surface area contributed by atoms with Gasteiger partial charge in [-0.2, -0.15) is 0 Å². The second-order valence-electron chi connectivity index (χ2n) is 10.7. The van der Waals surface area contributed by atoms with E-state index in [1.165, 1.54) is 11.3 Å². The molecule has 228 valence electrons. The first-order chi connectivity index (χ1) is 21.8. The summed E-state index contributed by atoms with van der Waals surface area (Å²) in [7, 11) is 1.59. The Morgan fingerprint density at radius 1 is 1.04 bits per heavy atom. The van der Waals surface area contributed by atoms with Crippen LogP contribution in [0.3, 0.4) is 0 Å². The van der Waals surface area contributed by atoms with E-state index in [4.69, 9.17) is 14.2 Å². The van der Waals surface area contributed by atoms with Crippen LogP contribution in [0.5, 0.6) is 11.5 Å². The van der Waals surface area contributed by atoms with Crippen LogP contribution in [0, 0.1) is 6.92 Å². The summed E-state index contributed by atoms with van der Waals surface area (Å²) in [6, 6.07) is 25.2. The monoisotopic (exact) mass is 682 g/mol. The third-order valence-corrected chi connectivity index (χ3v) is 9.28. The highest BCUT2D eigenvalue weighted by Crippen LogP contribution is 2.38. The molecule has 6 rings (SSSR count). The summed E-state index contributed by atoms with van der Waals surface area (Å²) in [5, 5.41) is 2.28. The Kier molecular flexibility index (Phi) is 8.74. The molecule has 7 nitrogen and oxygen atoms in total. The van der Waals surface area contributed by atoms with Gasteiger partial charge in [0.15, 0.2) is 16.3 Å². The van der Waals surface area contributed by atoms with Gasteiger partial charge in [0.05, 0.1) is 40.0 Å². The summed E-state index contributed by atoms with van der Waals surface area (Å²) >= 11 is 4.94. The van der Waals surface area contributed by atoms with Crippen LogP contribution < -0.4 is 24.4 Å². The van der Waals surface area contributed by atoms with Gasteiger partial charge < -0.3 is 14.2 Å². The van der Waals surface area contributed by atoms with Crippen molar-refractivity contribution in [3.63, 3.8) is 0 Å². The second kappa shape index (κ2) is 12.9. The normalized spacial score (nSPS) is 14.7. The fraction of sp³-hybridized carbons (Fsp3) is 0.194. The number of thiazole rings is 1. The number of rotatable bonds is 8. The van der Waals surface area contributed by atoms with E-state index in [2.05, 4.69) is 45.2 Å². The zero-order chi connectivity index (χ0) is 31.7. The SMILES string of the molecule is CCOC(=O)C1=C(C)N=c2s/c(=C\c3cc(Br)c(OCc4cccc5ccccc45)c(OC)c3)c(=O)n2C1c1ccc(C)cc1. The molecule has 0 bridgehead atoms. The van der Waals surface area contributed by atoms with E-state index >= 15 is 0 Å². The number of ether oxygens (including phenoxy) is 3. The van der Waals surface area contributed by atoms with Gasteiger partial charge in [-0.05, 0) is 82.4 Å². The number of methoxy groups -OCH3 is 1. The molecule has 0 saturated heterocycles. The third-order valence-electron chi connectivity index (χ3n) is 7.71. The molecule has 45 heavy (non-hydrogen) atoms. The zero-order valence-electron chi connectivity index (χ0n) is 25.3. The van der Waals surface area contributed by atoms with Crippen LogP contribution >= 0.6 is 27.3 Å². The van der Waals surface area contributed by atoms with Crippen molar-refractivity contribution in [2.75, 3.05) is 13.7 Å². The molecule has 0 aliphatic carbocycles. The predicted octanol–water partition coefficient (Wildman–Crippen LogP) is 6.61. The fourth-order valence-electron chi connectivity index (χ4n) is 5.54. The molecule has 1 unspecified atom stereocenters. The van der Waals surface area contributed by atoms with Crippen LogP contribution in [0.25, 0.3) is 16.8 Å². The van der Waals surface area contributed by atoms with Gasteiger partial charge in [-0.25, -0.2) is 9.79 Å². The van der Waals surface area contributed by atoms with E-state index in [1.54, 1.807) is 31.6 Å². The number of benzene rings is 4. The van der Waals surface area contributed by atoms with Crippen molar-refractivity contribution < 1.29 is 19.0 Å². The predicted molar refractivity (Wildman–Crippen MR) is 181 cm³/mol. The van der Waals surface area contributed by atoms with Crippen molar-refractivity contribution >= 4 is 50.1 Å². The van der Waals surface area contributed by atoms with Gasteiger partial charge in [0.1, 0.15) is 6.61 Å². The minimum atomic E-state index is -0.658. The number of fused-ring (bicyclic) bond motifs is 2. The molecule has 4 aromatic carbocycles. The lowest BCUT2D eigenvalue weighted by molar-refractivity contribution is -0.139. The average Bonchev–Trinajstić information content (AvgIpc) is 3.33. The molecular weight excluding hydrogens is 652 g/mol. The molecule has 0 radical (unpaired) electrons. The minimum Gasteiger partial charge on any atom is -0.493 e. The van der Waals surface area contributed by atoms with Crippen LogP contribution in [-0.2, 0) is 16.1 Å². The molecule has 9 heteroatoms. The number of carbonyl (C=O) groups is 1. The lowest BCUT2D eigenvalue weighted by atomic mass is 9.95. The highest BCUT2D eigenvalue weighted by atomic mass is 79.9. The molecule has 5 aromatic rings. The standard InChI is InChI=1S/C36H31BrN2O5S/c1-5-43-35(41)31-22(3)38-36-39(32(31)25-15-13-21(2)14-16-25)34(40)30(45-36)19-23-17-28(37)33(29(18-23)42-4)44-20-26-11-8-10-24-9-6-7-12-27(24)26/h6-19,32H,5,20H2,1-4H3/b30-19-. The molecule has 1 aliphatic heterocycles. The molecule has 0 fully saturated rings. The van der Waals surface area contributed by atoms with Crippen LogP contribution in [0.2, 0.25) is 0 Å². The van der Waals surface area contributed by atoms with Gasteiger partial charge in [-0.1, -0.05) is 83.6 Å². The summed E-state index contributed by atoms with van der Waals surface area (Å²) in [5.74, 6) is 0.617.